The van der Waals surface area contributed by atoms with Crippen molar-refractivity contribution in [3.8, 4) is 5.75 Å². The molecule has 0 aliphatic rings. The number of nitrogens with one attached hydrogen (secondary N) is 2. The maximum Gasteiger partial charge on any atom is 0.271 e. The van der Waals surface area contributed by atoms with Crippen LogP contribution in [-0.2, 0) is 0 Å². The second-order valence-electron chi connectivity index (χ2n) is 5.18. The van der Waals surface area contributed by atoms with E-state index in [1.165, 1.54) is 37.6 Å². The summed E-state index contributed by atoms with van der Waals surface area (Å²) in [5, 5.41) is 13.6. The van der Waals surface area contributed by atoms with Crippen LogP contribution in [0.25, 0.3) is 10.9 Å². The molecule has 0 saturated carbocycles. The zero-order valence-electron chi connectivity index (χ0n) is 13.1. The van der Waals surface area contributed by atoms with E-state index in [9.17, 15) is 19.7 Å². The lowest BCUT2D eigenvalue weighted by atomic mass is 10.1. The first kappa shape index (κ1) is 16.2. The number of rotatable bonds is 4. The van der Waals surface area contributed by atoms with Gasteiger partial charge in [-0.3, -0.25) is 19.7 Å². The van der Waals surface area contributed by atoms with Gasteiger partial charge in [-0.05, 0) is 18.2 Å². The van der Waals surface area contributed by atoms with Gasteiger partial charge in [0.1, 0.15) is 11.3 Å². The van der Waals surface area contributed by atoms with E-state index in [4.69, 9.17) is 4.74 Å². The maximum atomic E-state index is 12.6. The summed E-state index contributed by atoms with van der Waals surface area (Å²) < 4.78 is 5.18. The molecule has 0 unspecified atom stereocenters. The van der Waals surface area contributed by atoms with Crippen LogP contribution in [-0.4, -0.2) is 22.9 Å². The Labute approximate surface area is 141 Å². The molecule has 2 aromatic carbocycles. The molecule has 0 radical (unpaired) electrons. The number of pyridine rings is 1. The molecule has 0 atom stereocenters. The van der Waals surface area contributed by atoms with Crippen molar-refractivity contribution in [1.29, 1.82) is 0 Å². The SMILES string of the molecule is COc1cccc2c(=O)c(C(=O)Nc3cccc([N+](=O)[O-])c3)c[nH]c12. The number of anilines is 1. The highest BCUT2D eigenvalue weighted by Gasteiger charge is 2.16. The van der Waals surface area contributed by atoms with Gasteiger partial charge < -0.3 is 15.0 Å². The number of ether oxygens (including phenoxy) is 1. The number of amides is 1. The first-order valence-corrected chi connectivity index (χ1v) is 7.25. The van der Waals surface area contributed by atoms with Crippen molar-refractivity contribution >= 4 is 28.2 Å². The minimum atomic E-state index is -0.661. The fraction of sp³-hybridized carbons (Fsp3) is 0.0588. The molecule has 2 N–H and O–H groups in total. The van der Waals surface area contributed by atoms with Gasteiger partial charge in [-0.25, -0.2) is 0 Å². The highest BCUT2D eigenvalue weighted by atomic mass is 16.6. The fourth-order valence-corrected chi connectivity index (χ4v) is 2.46. The number of benzene rings is 2. The van der Waals surface area contributed by atoms with E-state index >= 15 is 0 Å². The Balaban J connectivity index is 1.98. The van der Waals surface area contributed by atoms with Crippen molar-refractivity contribution in [3.05, 3.63) is 74.6 Å². The standard InChI is InChI=1S/C17H13N3O5/c1-25-14-7-3-6-12-15(14)18-9-13(16(12)21)17(22)19-10-4-2-5-11(8-10)20(23)24/h2-9H,1H3,(H,18,21)(H,19,22). The topological polar surface area (TPSA) is 114 Å². The highest BCUT2D eigenvalue weighted by molar-refractivity contribution is 6.06. The zero-order chi connectivity index (χ0) is 18.0. The Morgan fingerprint density at radius 2 is 2.00 bits per heavy atom. The van der Waals surface area contributed by atoms with Gasteiger partial charge >= 0.3 is 0 Å². The van der Waals surface area contributed by atoms with Crippen LogP contribution in [0.2, 0.25) is 0 Å². The number of para-hydroxylation sites is 1. The average Bonchev–Trinajstić information content (AvgIpc) is 2.61. The van der Waals surface area contributed by atoms with Crippen molar-refractivity contribution in [2.75, 3.05) is 12.4 Å². The number of H-pyrrole nitrogens is 1. The van der Waals surface area contributed by atoms with Crippen LogP contribution in [0.15, 0.2) is 53.5 Å². The number of aromatic amines is 1. The summed E-state index contributed by atoms with van der Waals surface area (Å²) in [5.41, 5.74) is -0.0102. The molecule has 0 saturated heterocycles. The van der Waals surface area contributed by atoms with Gasteiger partial charge in [0, 0.05) is 24.0 Å². The molecule has 1 amide bonds. The van der Waals surface area contributed by atoms with Crippen molar-refractivity contribution in [2.24, 2.45) is 0 Å². The number of nitro groups is 1. The summed E-state index contributed by atoms with van der Waals surface area (Å²) in [5.74, 6) is -0.174. The van der Waals surface area contributed by atoms with Crippen LogP contribution in [0.5, 0.6) is 5.75 Å². The number of hydrogen-bond acceptors (Lipinski definition) is 5. The summed E-state index contributed by atoms with van der Waals surface area (Å²) in [7, 11) is 1.48. The zero-order valence-corrected chi connectivity index (χ0v) is 13.1. The van der Waals surface area contributed by atoms with Gasteiger partial charge in [-0.1, -0.05) is 12.1 Å². The van der Waals surface area contributed by atoms with Gasteiger partial charge in [0.05, 0.1) is 22.9 Å². The number of non-ortho nitro benzene ring substituents is 1. The molecule has 126 valence electrons. The van der Waals surface area contributed by atoms with Crippen LogP contribution < -0.4 is 15.5 Å². The number of carbonyl (C=O) groups is 1. The number of aromatic nitrogens is 1. The summed E-state index contributed by atoms with van der Waals surface area (Å²) in [4.78, 5) is 38.1. The predicted molar refractivity (Wildman–Crippen MR) is 92.2 cm³/mol. The molecule has 8 nitrogen and oxygen atoms in total. The van der Waals surface area contributed by atoms with Crippen molar-refractivity contribution in [3.63, 3.8) is 0 Å². The summed E-state index contributed by atoms with van der Waals surface area (Å²) >= 11 is 0. The molecule has 1 aromatic heterocycles. The molecular formula is C17H13N3O5. The quantitative estimate of drug-likeness (QED) is 0.560. The third-order valence-electron chi connectivity index (χ3n) is 3.66. The van der Waals surface area contributed by atoms with Crippen molar-refractivity contribution in [2.45, 2.75) is 0 Å². The van der Waals surface area contributed by atoms with Crippen LogP contribution in [0.1, 0.15) is 10.4 Å². The number of carbonyl (C=O) groups excluding carboxylic acids is 1. The first-order valence-electron chi connectivity index (χ1n) is 7.25. The number of fused-ring (bicyclic) bond motifs is 1. The molecule has 0 aliphatic heterocycles. The van der Waals surface area contributed by atoms with Gasteiger partial charge in [-0.2, -0.15) is 0 Å². The Bertz CT molecular complexity index is 1040. The Morgan fingerprint density at radius 1 is 1.24 bits per heavy atom. The number of nitrogens with zero attached hydrogens (tertiary/aromatic N) is 1. The number of methoxy groups -OCH3 is 1. The lowest BCUT2D eigenvalue weighted by molar-refractivity contribution is -0.384. The van der Waals surface area contributed by atoms with Gasteiger partial charge in [0.2, 0.25) is 5.43 Å². The molecule has 0 spiro atoms. The molecule has 0 bridgehead atoms. The molecular weight excluding hydrogens is 326 g/mol. The predicted octanol–water partition coefficient (Wildman–Crippen LogP) is 2.70. The van der Waals surface area contributed by atoms with Gasteiger partial charge in [-0.15, -0.1) is 0 Å². The third kappa shape index (κ3) is 3.05. The second-order valence-corrected chi connectivity index (χ2v) is 5.18. The Hall–Kier alpha value is -3.68. The van der Waals surface area contributed by atoms with Gasteiger partial charge in [0.25, 0.3) is 11.6 Å². The maximum absolute atomic E-state index is 12.6. The summed E-state index contributed by atoms with van der Waals surface area (Å²) in [6, 6.07) is 10.4. The van der Waals surface area contributed by atoms with E-state index in [1.807, 2.05) is 0 Å². The fourth-order valence-electron chi connectivity index (χ4n) is 2.46. The smallest absolute Gasteiger partial charge is 0.271 e. The van der Waals surface area contributed by atoms with E-state index in [2.05, 4.69) is 10.3 Å². The first-order chi connectivity index (χ1) is 12.0. The van der Waals surface area contributed by atoms with E-state index < -0.39 is 16.3 Å². The second kappa shape index (κ2) is 6.44. The normalized spacial score (nSPS) is 10.4. The summed E-state index contributed by atoms with van der Waals surface area (Å²) in [6.45, 7) is 0. The van der Waals surface area contributed by atoms with E-state index in [1.54, 1.807) is 18.2 Å². The molecule has 0 aliphatic carbocycles. The van der Waals surface area contributed by atoms with Crippen LogP contribution in [0.3, 0.4) is 0 Å². The van der Waals surface area contributed by atoms with Crippen LogP contribution >= 0.6 is 0 Å². The van der Waals surface area contributed by atoms with Crippen LogP contribution in [0.4, 0.5) is 11.4 Å². The average molecular weight is 339 g/mol. The Morgan fingerprint density at radius 3 is 2.72 bits per heavy atom. The lowest BCUT2D eigenvalue weighted by Crippen LogP contribution is -2.22. The molecule has 25 heavy (non-hydrogen) atoms. The van der Waals surface area contributed by atoms with Crippen LogP contribution in [0, 0.1) is 10.1 Å². The number of hydrogen-bond donors (Lipinski definition) is 2. The van der Waals surface area contributed by atoms with E-state index in [0.717, 1.165) is 0 Å². The lowest BCUT2D eigenvalue weighted by Gasteiger charge is -2.08. The van der Waals surface area contributed by atoms with Crippen molar-refractivity contribution in [1.82, 2.24) is 4.98 Å². The minimum Gasteiger partial charge on any atom is -0.495 e. The minimum absolute atomic E-state index is 0.104. The Kier molecular flexibility index (Phi) is 4.17. The van der Waals surface area contributed by atoms with Gasteiger partial charge in [0.15, 0.2) is 0 Å². The molecule has 3 rings (SSSR count). The van der Waals surface area contributed by atoms with E-state index in [-0.39, 0.29) is 16.9 Å². The summed E-state index contributed by atoms with van der Waals surface area (Å²) in [6.07, 6.45) is 1.29. The molecule has 0 fully saturated rings. The number of nitro benzene ring substituents is 1. The highest BCUT2D eigenvalue weighted by Crippen LogP contribution is 2.21. The molecule has 3 aromatic rings. The molecule has 8 heteroatoms. The van der Waals surface area contributed by atoms with E-state index in [0.29, 0.717) is 16.7 Å². The van der Waals surface area contributed by atoms with Crippen molar-refractivity contribution < 1.29 is 14.5 Å². The monoisotopic (exact) mass is 339 g/mol. The largest absolute Gasteiger partial charge is 0.495 e. The molecule has 1 heterocycles. The third-order valence-corrected chi connectivity index (χ3v) is 3.66.